The molecule has 3 amide bonds. The number of rotatable bonds is 23. The van der Waals surface area contributed by atoms with E-state index in [0.29, 0.717) is 151 Å². The zero-order chi connectivity index (χ0) is 93.2. The van der Waals surface area contributed by atoms with E-state index >= 15 is 0 Å². The highest BCUT2D eigenvalue weighted by Gasteiger charge is 2.71. The van der Waals surface area contributed by atoms with Crippen LogP contribution in [-0.2, 0) is 82.3 Å². The van der Waals surface area contributed by atoms with E-state index in [1.54, 1.807) is 9.80 Å². The Kier molecular flexibility index (Phi) is 26.4. The lowest BCUT2D eigenvalue weighted by molar-refractivity contribution is -0.199. The molecule has 17 aliphatic rings. The van der Waals surface area contributed by atoms with Gasteiger partial charge < -0.3 is 81.5 Å². The maximum absolute atomic E-state index is 13.5. The third-order valence-corrected chi connectivity index (χ3v) is 32.7. The molecule has 704 valence electrons. The van der Waals surface area contributed by atoms with Gasteiger partial charge >= 0.3 is 45.4 Å². The predicted molar refractivity (Wildman–Crippen MR) is 495 cm³/mol. The molecule has 0 spiro atoms. The second-order valence-corrected chi connectivity index (χ2v) is 45.8. The van der Waals surface area contributed by atoms with Crippen LogP contribution in [-0.4, -0.2) is 193 Å². The monoisotopic (exact) mass is 1790 g/mol. The van der Waals surface area contributed by atoms with Crippen molar-refractivity contribution in [2.75, 3.05) is 39.3 Å². The SMILES string of the molecule is Cc1c(CCB2O[C@@H]3C[C@@H]4C[C@@H](C4(C)C)[C@]3(C)O2)ccc(OC2CN(C(=O)OCc3ccccc3)C2)c1C(=O)OC(C)(C)C.Cc1c(CCB2O[C@@H]3C[C@@H]4C[C@@H](C4(C)C)[C@]3(C)O2)ccc(OC2CN(C(=O)[C@H]3CC[C@H](N)C3)C2)c1C(=O)OC(C)(C)C.Cc1c(CCB2O[C@@H]3C[C@@H]4C[C@@H](C4(C)C)[C@]3(C)O2)ccc(OC2CN(C(=O)[C@H]3CC[C@H](N=[N+]=[N-])C3)C2)c1C(=O)OC(C)(C)C. The first-order valence-corrected chi connectivity index (χ1v) is 48.5. The molecular formula is C101H142B3N7O19. The molecule has 2 N–H and O–H groups in total. The summed E-state index contributed by atoms with van der Waals surface area (Å²) >= 11 is 0. The molecule has 6 bridgehead atoms. The number of aryl methyl sites for hydroxylation is 3. The Labute approximate surface area is 771 Å². The Balaban J connectivity index is 0.000000143. The van der Waals surface area contributed by atoms with Gasteiger partial charge in [-0.15, -0.1) is 0 Å². The number of hydrogen-bond donors (Lipinski definition) is 1. The zero-order valence-corrected chi connectivity index (χ0v) is 81.0. The molecule has 16 atom stereocenters. The summed E-state index contributed by atoms with van der Waals surface area (Å²) in [5.74, 6) is 4.13. The van der Waals surface area contributed by atoms with E-state index in [1.807, 2.05) is 155 Å². The Morgan fingerprint density at radius 1 is 0.454 bits per heavy atom. The van der Waals surface area contributed by atoms with Crippen LogP contribution >= 0.6 is 0 Å². The van der Waals surface area contributed by atoms with Crippen molar-refractivity contribution in [3.05, 3.63) is 133 Å². The second kappa shape index (κ2) is 36.1. The summed E-state index contributed by atoms with van der Waals surface area (Å²) in [6, 6.07) is 21.3. The van der Waals surface area contributed by atoms with E-state index < -0.39 is 34.7 Å². The molecule has 6 saturated heterocycles. The highest BCUT2D eigenvalue weighted by molar-refractivity contribution is 6.46. The number of carbonyl (C=O) groups excluding carboxylic acids is 6. The molecule has 6 heterocycles. The van der Waals surface area contributed by atoms with Crippen molar-refractivity contribution < 1.29 is 89.9 Å². The fourth-order valence-corrected chi connectivity index (χ4v) is 24.6. The highest BCUT2D eigenvalue weighted by atomic mass is 16.7. The molecular weight excluding hydrogens is 1650 g/mol. The summed E-state index contributed by atoms with van der Waals surface area (Å²) < 4.78 is 81.1. The van der Waals surface area contributed by atoms with Crippen LogP contribution in [0, 0.1) is 84.4 Å². The maximum atomic E-state index is 13.5. The van der Waals surface area contributed by atoms with Gasteiger partial charge in [-0.3, -0.25) is 9.59 Å². The fourth-order valence-electron chi connectivity index (χ4n) is 24.6. The van der Waals surface area contributed by atoms with Crippen LogP contribution in [0.5, 0.6) is 17.2 Å². The molecule has 0 aromatic heterocycles. The Morgan fingerprint density at radius 2 is 0.792 bits per heavy atom. The van der Waals surface area contributed by atoms with Gasteiger partial charge in [-0.1, -0.05) is 95.2 Å². The average molecular weight is 1790 g/mol. The topological polar surface area (TPSA) is 307 Å². The fraction of sp³-hybridized carbons (Fsp3) is 0.703. The van der Waals surface area contributed by atoms with Gasteiger partial charge in [0, 0.05) is 28.8 Å². The second-order valence-electron chi connectivity index (χ2n) is 45.8. The smallest absolute Gasteiger partial charge is 0.457 e. The van der Waals surface area contributed by atoms with Gasteiger partial charge in [0.2, 0.25) is 11.8 Å². The molecule has 29 heteroatoms. The van der Waals surface area contributed by atoms with Crippen LogP contribution in [0.4, 0.5) is 4.79 Å². The van der Waals surface area contributed by atoms with Gasteiger partial charge in [0.25, 0.3) is 0 Å². The van der Waals surface area contributed by atoms with E-state index in [2.05, 4.69) is 72.3 Å². The minimum Gasteiger partial charge on any atom is -0.486 e. The van der Waals surface area contributed by atoms with Gasteiger partial charge in [0.1, 0.15) is 75.7 Å². The molecule has 4 aromatic carbocycles. The molecule has 6 aliphatic heterocycles. The third-order valence-electron chi connectivity index (χ3n) is 32.7. The molecule has 130 heavy (non-hydrogen) atoms. The van der Waals surface area contributed by atoms with Gasteiger partial charge in [-0.2, -0.15) is 0 Å². The number of azide groups is 1. The Morgan fingerprint density at radius 3 is 1.12 bits per heavy atom. The van der Waals surface area contributed by atoms with Crippen molar-refractivity contribution in [2.45, 2.75) is 350 Å². The molecule has 11 saturated carbocycles. The number of amides is 3. The third kappa shape index (κ3) is 19.2. The van der Waals surface area contributed by atoms with Gasteiger partial charge in [0.05, 0.1) is 74.4 Å². The van der Waals surface area contributed by atoms with Crippen LogP contribution in [0.3, 0.4) is 0 Å². The van der Waals surface area contributed by atoms with E-state index in [-0.39, 0.29) is 123 Å². The number of hydrogen-bond acceptors (Lipinski definition) is 21. The van der Waals surface area contributed by atoms with Crippen LogP contribution in [0.25, 0.3) is 10.4 Å². The first-order chi connectivity index (χ1) is 61.1. The standard InChI is InChI=1S/C35H46BNO7.C33H47BN4O6.C33H49BN2O6/c1-22-24(15-16-36-43-29-18-25-17-28(34(25,5)6)35(29,7)44-36)13-14-27(30(22)31(38)42-33(2,3)4)41-26-19-37(20-26)32(39)40-21-23-11-9-8-10-12-23;1-19-20(12-13-34-43-27-16-22-15-26(32(22,5)6)33(27,7)44-34)9-11-25(28(19)30(40)42-31(2,3)4)41-24-17-38(18-24)29(39)21-8-10-23(14-21)36-37-35;1-19-20(12-13-34-41-27-16-22-15-26(32(22,5)6)33(27,7)42-34)9-11-25(28(19)30(38)40-31(2,3)4)39-24-17-36(18-24)29(37)21-8-10-23(35)14-21/h8-14,25-26,28-29H,15-21H2,1-7H3;9,11,21-24,26-27H,8,10,12-18H2,1-7H3;9,11,21-24,26-27H,8,10,12-18,35H2,1-7H3/t25-,28-,29+,35-;2*21-,22-,23-,26-,27+,33-/m000/s1. The number of nitrogens with zero attached hydrogens (tertiary/aromatic N) is 6. The van der Waals surface area contributed by atoms with Crippen LogP contribution in [0.2, 0.25) is 19.0 Å². The lowest BCUT2D eigenvalue weighted by Gasteiger charge is -2.64. The molecule has 26 nitrogen and oxygen atoms in total. The molecule has 0 unspecified atom stereocenters. The summed E-state index contributed by atoms with van der Waals surface area (Å²) in [5.41, 5.74) is 20.9. The van der Waals surface area contributed by atoms with Crippen molar-refractivity contribution >= 4 is 57.2 Å². The van der Waals surface area contributed by atoms with Crippen molar-refractivity contribution in [2.24, 2.45) is 74.4 Å². The minimum atomic E-state index is -0.656. The summed E-state index contributed by atoms with van der Waals surface area (Å²) in [6.45, 7) is 46.5. The largest absolute Gasteiger partial charge is 0.486 e. The number of likely N-dealkylation sites (tertiary alicyclic amines) is 3. The van der Waals surface area contributed by atoms with E-state index in [4.69, 9.17) is 72.3 Å². The highest BCUT2D eigenvalue weighted by Crippen LogP contribution is 2.69. The van der Waals surface area contributed by atoms with Crippen molar-refractivity contribution in [3.8, 4) is 17.2 Å². The summed E-state index contributed by atoms with van der Waals surface area (Å²) in [5, 5.41) is 3.79. The number of nitrogens with two attached hydrogens (primary N) is 1. The van der Waals surface area contributed by atoms with E-state index in [1.165, 1.54) is 19.3 Å². The van der Waals surface area contributed by atoms with Crippen LogP contribution in [0.15, 0.2) is 71.8 Å². The zero-order valence-electron chi connectivity index (χ0n) is 81.0. The van der Waals surface area contributed by atoms with Crippen LogP contribution in [0.1, 0.15) is 272 Å². The van der Waals surface area contributed by atoms with Crippen molar-refractivity contribution in [3.63, 3.8) is 0 Å². The first kappa shape index (κ1) is 95.3. The Hall–Kier alpha value is -7.88. The number of carbonyl (C=O) groups is 6. The Bertz CT molecular complexity index is 4970. The summed E-state index contributed by atoms with van der Waals surface area (Å²) in [7, 11) is -0.771. The average Bonchev–Trinajstić information content (AvgIpc) is 1.43. The molecule has 11 aliphatic carbocycles. The molecule has 0 radical (unpaired) electrons. The van der Waals surface area contributed by atoms with Gasteiger partial charge in [0.15, 0.2) is 0 Å². The summed E-state index contributed by atoms with van der Waals surface area (Å²) in [4.78, 5) is 86.9. The number of benzene rings is 4. The summed E-state index contributed by atoms with van der Waals surface area (Å²) in [6.07, 6.45) is 15.3. The first-order valence-electron chi connectivity index (χ1n) is 48.5. The molecule has 21 rings (SSSR count). The van der Waals surface area contributed by atoms with E-state index in [9.17, 15) is 28.8 Å². The van der Waals surface area contributed by atoms with Crippen molar-refractivity contribution in [1.29, 1.82) is 0 Å². The minimum absolute atomic E-state index is 0.0244. The van der Waals surface area contributed by atoms with Gasteiger partial charge in [-0.05, 0) is 334 Å². The van der Waals surface area contributed by atoms with Crippen LogP contribution < -0.4 is 19.9 Å². The molecule has 17 fully saturated rings. The maximum Gasteiger partial charge on any atom is 0.457 e. The quantitative estimate of drug-likeness (QED) is 0.0180. The predicted octanol–water partition coefficient (Wildman–Crippen LogP) is 17.8. The lowest BCUT2D eigenvalue weighted by Crippen LogP contribution is -2.65. The molecule has 4 aromatic rings. The number of ether oxygens (including phenoxy) is 7. The normalized spacial score (nSPS) is 31.0. The number of esters is 3. The van der Waals surface area contributed by atoms with E-state index in [0.717, 1.165) is 109 Å². The van der Waals surface area contributed by atoms with Gasteiger partial charge in [-0.25, -0.2) is 19.2 Å². The van der Waals surface area contributed by atoms with Crippen molar-refractivity contribution in [1.82, 2.24) is 14.7 Å². The lowest BCUT2D eigenvalue weighted by atomic mass is 9.43.